The first-order valence-electron chi connectivity index (χ1n) is 10.9. The first kappa shape index (κ1) is 22.7. The van der Waals surface area contributed by atoms with Crippen molar-refractivity contribution in [1.82, 2.24) is 14.7 Å². The lowest BCUT2D eigenvalue weighted by Crippen LogP contribution is -2.49. The van der Waals surface area contributed by atoms with Gasteiger partial charge in [0.15, 0.2) is 5.78 Å². The number of amides is 1. The zero-order valence-electron chi connectivity index (χ0n) is 18.4. The molecule has 1 aliphatic heterocycles. The van der Waals surface area contributed by atoms with Gasteiger partial charge < -0.3 is 9.80 Å². The molecule has 2 heterocycles. The third-order valence-corrected chi connectivity index (χ3v) is 6.03. The van der Waals surface area contributed by atoms with E-state index in [4.69, 9.17) is 11.6 Å². The van der Waals surface area contributed by atoms with Crippen LogP contribution in [0.25, 0.3) is 11.3 Å². The van der Waals surface area contributed by atoms with Gasteiger partial charge in [0.2, 0.25) is 5.91 Å². The molecule has 0 bridgehead atoms. The second-order valence-corrected chi connectivity index (χ2v) is 8.45. The molecule has 0 unspecified atom stereocenters. The van der Waals surface area contributed by atoms with Gasteiger partial charge in [-0.2, -0.15) is 5.10 Å². The minimum Gasteiger partial charge on any atom is -0.368 e. The number of rotatable bonds is 6. The van der Waals surface area contributed by atoms with E-state index in [9.17, 15) is 14.4 Å². The number of carbonyl (C=O) groups excluding carboxylic acids is 2. The molecule has 3 aromatic rings. The number of hydrogen-bond donors (Lipinski definition) is 0. The van der Waals surface area contributed by atoms with Crippen LogP contribution in [0, 0.1) is 0 Å². The Morgan fingerprint density at radius 3 is 2.36 bits per heavy atom. The quantitative estimate of drug-likeness (QED) is 0.522. The van der Waals surface area contributed by atoms with Crippen LogP contribution in [0.1, 0.15) is 23.7 Å². The average Bonchev–Trinajstić information content (AvgIpc) is 2.83. The number of benzene rings is 2. The van der Waals surface area contributed by atoms with Crippen LogP contribution in [0.2, 0.25) is 5.02 Å². The number of anilines is 1. The molecule has 170 valence electrons. The number of halogens is 1. The summed E-state index contributed by atoms with van der Waals surface area (Å²) in [5, 5.41) is 5.01. The van der Waals surface area contributed by atoms with Gasteiger partial charge in [0.05, 0.1) is 12.2 Å². The van der Waals surface area contributed by atoms with E-state index in [0.717, 1.165) is 11.3 Å². The first-order chi connectivity index (χ1) is 15.9. The molecule has 0 saturated carbocycles. The summed E-state index contributed by atoms with van der Waals surface area (Å²) in [6.07, 6.45) is 0.208. The molecule has 4 rings (SSSR count). The van der Waals surface area contributed by atoms with Gasteiger partial charge in [-0.05, 0) is 49.4 Å². The Labute approximate surface area is 197 Å². The SMILES string of the molecule is CC(=O)c1ccc(N2CCN(C(=O)CCn3nc(-c4cccc(Cl)c4)ccc3=O)CC2)cc1. The Balaban J connectivity index is 1.34. The zero-order valence-corrected chi connectivity index (χ0v) is 19.2. The molecule has 0 N–H and O–H groups in total. The van der Waals surface area contributed by atoms with Crippen LogP contribution < -0.4 is 10.5 Å². The third kappa shape index (κ3) is 5.49. The summed E-state index contributed by atoms with van der Waals surface area (Å²) < 4.78 is 1.33. The molecular weight excluding hydrogens is 440 g/mol. The highest BCUT2D eigenvalue weighted by atomic mass is 35.5. The minimum absolute atomic E-state index is 0.00318. The maximum atomic E-state index is 12.8. The van der Waals surface area contributed by atoms with Crippen LogP contribution in [-0.2, 0) is 11.3 Å². The summed E-state index contributed by atoms with van der Waals surface area (Å²) in [7, 11) is 0. The van der Waals surface area contributed by atoms with E-state index in [1.807, 2.05) is 41.3 Å². The summed E-state index contributed by atoms with van der Waals surface area (Å²) in [6, 6.07) is 17.9. The zero-order chi connectivity index (χ0) is 23.4. The number of Topliss-reactive ketones (excluding diaryl/α,β-unsaturated/α-hetero) is 1. The lowest BCUT2D eigenvalue weighted by molar-refractivity contribution is -0.131. The van der Waals surface area contributed by atoms with Gasteiger partial charge in [-0.15, -0.1) is 0 Å². The monoisotopic (exact) mass is 464 g/mol. The fourth-order valence-electron chi connectivity index (χ4n) is 3.89. The molecule has 1 amide bonds. The third-order valence-electron chi connectivity index (χ3n) is 5.80. The number of ketones is 1. The molecule has 0 radical (unpaired) electrons. The Kier molecular flexibility index (Phi) is 6.89. The number of aryl methyl sites for hydroxylation is 1. The van der Waals surface area contributed by atoms with Gasteiger partial charge in [-0.1, -0.05) is 23.7 Å². The highest BCUT2D eigenvalue weighted by Crippen LogP contribution is 2.20. The Bertz CT molecular complexity index is 1210. The number of piperazine rings is 1. The largest absolute Gasteiger partial charge is 0.368 e. The normalized spacial score (nSPS) is 13.8. The van der Waals surface area contributed by atoms with Crippen LogP contribution in [0.3, 0.4) is 0 Å². The molecule has 1 saturated heterocycles. The summed E-state index contributed by atoms with van der Waals surface area (Å²) in [6.45, 7) is 4.42. The summed E-state index contributed by atoms with van der Waals surface area (Å²) in [5.74, 6) is 0.0482. The van der Waals surface area contributed by atoms with Gasteiger partial charge in [0.25, 0.3) is 5.56 Å². The number of nitrogens with zero attached hydrogens (tertiary/aromatic N) is 4. The van der Waals surface area contributed by atoms with Gasteiger partial charge in [0, 0.05) is 60.5 Å². The van der Waals surface area contributed by atoms with E-state index in [2.05, 4.69) is 10.00 Å². The van der Waals surface area contributed by atoms with Crippen molar-refractivity contribution in [3.05, 3.63) is 81.6 Å². The van der Waals surface area contributed by atoms with Crippen molar-refractivity contribution < 1.29 is 9.59 Å². The molecule has 1 aromatic heterocycles. The predicted molar refractivity (Wildman–Crippen MR) is 129 cm³/mol. The van der Waals surface area contributed by atoms with E-state index < -0.39 is 0 Å². The summed E-state index contributed by atoms with van der Waals surface area (Å²) >= 11 is 6.06. The highest BCUT2D eigenvalue weighted by molar-refractivity contribution is 6.30. The van der Waals surface area contributed by atoms with E-state index in [0.29, 0.717) is 42.5 Å². The van der Waals surface area contributed by atoms with E-state index in [1.165, 1.54) is 10.7 Å². The van der Waals surface area contributed by atoms with Gasteiger partial charge in [-0.25, -0.2) is 4.68 Å². The van der Waals surface area contributed by atoms with Gasteiger partial charge in [0.1, 0.15) is 0 Å². The van der Waals surface area contributed by atoms with Crippen LogP contribution in [0.15, 0.2) is 65.5 Å². The maximum absolute atomic E-state index is 12.8. The molecule has 33 heavy (non-hydrogen) atoms. The predicted octanol–water partition coefficient (Wildman–Crippen LogP) is 3.51. The van der Waals surface area contributed by atoms with Crippen molar-refractivity contribution in [2.45, 2.75) is 19.9 Å². The van der Waals surface area contributed by atoms with E-state index >= 15 is 0 Å². The molecule has 1 fully saturated rings. The first-order valence-corrected chi connectivity index (χ1v) is 11.3. The van der Waals surface area contributed by atoms with E-state index in [1.54, 1.807) is 25.1 Å². The van der Waals surface area contributed by atoms with Crippen LogP contribution in [-0.4, -0.2) is 52.5 Å². The lowest BCUT2D eigenvalue weighted by atomic mass is 10.1. The van der Waals surface area contributed by atoms with Crippen molar-refractivity contribution in [2.75, 3.05) is 31.1 Å². The molecule has 2 aromatic carbocycles. The van der Waals surface area contributed by atoms with Crippen LogP contribution in [0.4, 0.5) is 5.69 Å². The lowest BCUT2D eigenvalue weighted by Gasteiger charge is -2.36. The van der Waals surface area contributed by atoms with Crippen LogP contribution in [0.5, 0.6) is 0 Å². The average molecular weight is 465 g/mol. The van der Waals surface area contributed by atoms with E-state index in [-0.39, 0.29) is 30.2 Å². The molecule has 0 aliphatic carbocycles. The minimum atomic E-state index is -0.243. The number of aromatic nitrogens is 2. The molecule has 7 nitrogen and oxygen atoms in total. The smallest absolute Gasteiger partial charge is 0.266 e. The molecule has 8 heteroatoms. The van der Waals surface area contributed by atoms with Crippen molar-refractivity contribution >= 4 is 29.0 Å². The van der Waals surface area contributed by atoms with Crippen molar-refractivity contribution in [2.24, 2.45) is 0 Å². The topological polar surface area (TPSA) is 75.5 Å². The standard InChI is InChI=1S/C25H25ClN4O3/c1-18(31)19-5-7-22(8-6-19)28-13-15-29(16-14-28)24(32)11-12-30-25(33)10-9-23(27-30)20-3-2-4-21(26)17-20/h2-10,17H,11-16H2,1H3. The fourth-order valence-corrected chi connectivity index (χ4v) is 4.08. The Hall–Kier alpha value is -3.45. The Morgan fingerprint density at radius 2 is 1.70 bits per heavy atom. The van der Waals surface area contributed by atoms with Gasteiger partial charge in [-0.3, -0.25) is 14.4 Å². The van der Waals surface area contributed by atoms with Gasteiger partial charge >= 0.3 is 0 Å². The highest BCUT2D eigenvalue weighted by Gasteiger charge is 2.21. The maximum Gasteiger partial charge on any atom is 0.266 e. The number of carbonyl (C=O) groups is 2. The molecule has 0 atom stereocenters. The fraction of sp³-hybridized carbons (Fsp3) is 0.280. The second kappa shape index (κ2) is 10.0. The number of hydrogen-bond acceptors (Lipinski definition) is 5. The summed E-state index contributed by atoms with van der Waals surface area (Å²) in [5.41, 5.74) is 2.94. The van der Waals surface area contributed by atoms with Crippen molar-refractivity contribution in [3.63, 3.8) is 0 Å². The van der Waals surface area contributed by atoms with Crippen molar-refractivity contribution in [3.8, 4) is 11.3 Å². The Morgan fingerprint density at radius 1 is 0.970 bits per heavy atom. The second-order valence-electron chi connectivity index (χ2n) is 8.01. The molecule has 1 aliphatic rings. The van der Waals surface area contributed by atoms with Crippen LogP contribution >= 0.6 is 11.6 Å². The summed E-state index contributed by atoms with van der Waals surface area (Å²) in [4.78, 5) is 40.5. The van der Waals surface area contributed by atoms with Crippen molar-refractivity contribution in [1.29, 1.82) is 0 Å². The molecular formula is C25H25ClN4O3. The molecule has 0 spiro atoms.